The van der Waals surface area contributed by atoms with Crippen LogP contribution in [0.25, 0.3) is 111 Å². The van der Waals surface area contributed by atoms with Gasteiger partial charge in [0.2, 0.25) is 0 Å². The van der Waals surface area contributed by atoms with E-state index >= 15 is 0 Å². The van der Waals surface area contributed by atoms with Crippen LogP contribution in [-0.4, -0.2) is 15.0 Å². The van der Waals surface area contributed by atoms with E-state index in [9.17, 15) is 5.26 Å². The molecule has 5 nitrogen and oxygen atoms in total. The lowest BCUT2D eigenvalue weighted by atomic mass is 9.90. The van der Waals surface area contributed by atoms with Gasteiger partial charge in [-0.25, -0.2) is 15.0 Å². The first-order chi connectivity index (χ1) is 28.2. The predicted molar refractivity (Wildman–Crippen MR) is 232 cm³/mol. The van der Waals surface area contributed by atoms with E-state index < -0.39 is 0 Å². The molecule has 9 aromatic carbocycles. The van der Waals surface area contributed by atoms with Gasteiger partial charge in [0, 0.05) is 27.5 Å². The molecule has 0 bridgehead atoms. The van der Waals surface area contributed by atoms with Crippen molar-refractivity contribution in [1.29, 1.82) is 5.26 Å². The van der Waals surface area contributed by atoms with Gasteiger partial charge in [0.25, 0.3) is 0 Å². The van der Waals surface area contributed by atoms with Gasteiger partial charge in [-0.05, 0) is 97.0 Å². The summed E-state index contributed by atoms with van der Waals surface area (Å²) in [5.74, 6) is 1.76. The van der Waals surface area contributed by atoms with E-state index in [-0.39, 0.29) is 0 Å². The largest absolute Gasteiger partial charge is 0.456 e. The minimum Gasteiger partial charge on any atom is -0.456 e. The SMILES string of the molecule is N#Cc1cc(-c2ccc3c4ccccc4c4ccccc4c3c2)cc(-c2ccc3oc4cccc(-c5nc(-c6ccccc6)nc(-c6ccccc6)n5)c4c3c2)c1. The third-order valence-corrected chi connectivity index (χ3v) is 10.9. The van der Waals surface area contributed by atoms with Gasteiger partial charge in [0.15, 0.2) is 17.5 Å². The fraction of sp³-hybridized carbons (Fsp3) is 0. The summed E-state index contributed by atoms with van der Waals surface area (Å²) in [6.45, 7) is 0. The van der Waals surface area contributed by atoms with E-state index in [0.29, 0.717) is 23.0 Å². The molecule has 0 radical (unpaired) electrons. The van der Waals surface area contributed by atoms with Crippen LogP contribution in [0, 0.1) is 11.3 Å². The highest BCUT2D eigenvalue weighted by atomic mass is 16.3. The molecule has 0 aliphatic carbocycles. The Balaban J connectivity index is 1.08. The highest BCUT2D eigenvalue weighted by molar-refractivity contribution is 6.25. The van der Waals surface area contributed by atoms with E-state index in [2.05, 4.69) is 91.0 Å². The number of benzene rings is 9. The summed E-state index contributed by atoms with van der Waals surface area (Å²) in [7, 11) is 0. The Morgan fingerprint density at radius 2 is 0.860 bits per heavy atom. The van der Waals surface area contributed by atoms with Crippen molar-refractivity contribution in [3.8, 4) is 62.5 Å². The van der Waals surface area contributed by atoms with Crippen molar-refractivity contribution in [2.75, 3.05) is 0 Å². The molecule has 11 aromatic rings. The molecule has 264 valence electrons. The van der Waals surface area contributed by atoms with Gasteiger partial charge in [-0.15, -0.1) is 0 Å². The zero-order valence-electron chi connectivity index (χ0n) is 30.5. The zero-order valence-corrected chi connectivity index (χ0v) is 30.5. The molecule has 0 fully saturated rings. The smallest absolute Gasteiger partial charge is 0.164 e. The Morgan fingerprint density at radius 3 is 1.46 bits per heavy atom. The number of hydrogen-bond donors (Lipinski definition) is 0. The van der Waals surface area contributed by atoms with Crippen molar-refractivity contribution in [1.82, 2.24) is 15.0 Å². The average Bonchev–Trinajstić information content (AvgIpc) is 3.67. The minimum atomic E-state index is 0.562. The minimum absolute atomic E-state index is 0.562. The van der Waals surface area contributed by atoms with E-state index in [1.54, 1.807) is 0 Å². The highest BCUT2D eigenvalue weighted by Crippen LogP contribution is 2.41. The fourth-order valence-electron chi connectivity index (χ4n) is 8.23. The van der Waals surface area contributed by atoms with Gasteiger partial charge in [-0.2, -0.15) is 5.26 Å². The van der Waals surface area contributed by atoms with Crippen molar-refractivity contribution in [3.05, 3.63) is 188 Å². The van der Waals surface area contributed by atoms with Crippen molar-refractivity contribution < 1.29 is 4.42 Å². The number of rotatable bonds is 5. The van der Waals surface area contributed by atoms with Gasteiger partial charge in [0.1, 0.15) is 11.2 Å². The van der Waals surface area contributed by atoms with Gasteiger partial charge in [-0.3, -0.25) is 0 Å². The monoisotopic (exact) mass is 726 g/mol. The maximum Gasteiger partial charge on any atom is 0.164 e. The Kier molecular flexibility index (Phi) is 7.48. The van der Waals surface area contributed by atoms with Crippen LogP contribution in [0.1, 0.15) is 5.56 Å². The number of furan rings is 1. The van der Waals surface area contributed by atoms with Gasteiger partial charge >= 0.3 is 0 Å². The number of fused-ring (bicyclic) bond motifs is 9. The maximum absolute atomic E-state index is 10.3. The summed E-state index contributed by atoms with van der Waals surface area (Å²) < 4.78 is 6.46. The summed E-state index contributed by atoms with van der Waals surface area (Å²) in [4.78, 5) is 15.0. The Morgan fingerprint density at radius 1 is 0.351 bits per heavy atom. The Hall–Kier alpha value is -7.94. The zero-order chi connectivity index (χ0) is 37.9. The third kappa shape index (κ3) is 5.51. The standard InChI is InChI=1S/C52H30N4O/c53-31-32-26-37(35-22-24-43-41-18-8-7-16-39(41)40-17-9-10-19-42(40)45(43)29-35)28-38(27-32)36-23-25-47-46(30-36)49-44(20-11-21-48(49)57-47)52-55-50(33-12-3-1-4-13-33)54-51(56-52)34-14-5-2-6-15-34/h1-30H. The number of nitrogens with zero attached hydrogens (tertiary/aromatic N) is 4. The average molecular weight is 727 g/mol. The Bertz CT molecular complexity index is 3330. The van der Waals surface area contributed by atoms with Gasteiger partial charge in [0.05, 0.1) is 11.6 Å². The summed E-state index contributed by atoms with van der Waals surface area (Å²) in [5.41, 5.74) is 8.71. The van der Waals surface area contributed by atoms with Crippen molar-refractivity contribution in [2.45, 2.75) is 0 Å². The molecule has 5 heteroatoms. The predicted octanol–water partition coefficient (Wildman–Crippen LogP) is 13.4. The molecule has 0 saturated heterocycles. The second-order valence-electron chi connectivity index (χ2n) is 14.3. The first-order valence-electron chi connectivity index (χ1n) is 18.9. The van der Waals surface area contributed by atoms with Crippen LogP contribution in [0.4, 0.5) is 0 Å². The van der Waals surface area contributed by atoms with Crippen LogP contribution in [0.5, 0.6) is 0 Å². The summed E-state index contributed by atoms with van der Waals surface area (Å²) in [5, 5.41) is 19.5. The fourth-order valence-corrected chi connectivity index (χ4v) is 8.23. The molecule has 0 spiro atoms. The first kappa shape index (κ1) is 32.5. The van der Waals surface area contributed by atoms with Crippen LogP contribution >= 0.6 is 0 Å². The molecule has 2 aromatic heterocycles. The second kappa shape index (κ2) is 13.1. The molecule has 0 unspecified atom stereocenters. The molecule has 2 heterocycles. The van der Waals surface area contributed by atoms with Crippen LogP contribution in [0.15, 0.2) is 186 Å². The third-order valence-electron chi connectivity index (χ3n) is 10.9. The van der Waals surface area contributed by atoms with Gasteiger partial charge < -0.3 is 4.42 Å². The second-order valence-corrected chi connectivity index (χ2v) is 14.3. The molecule has 0 aliphatic rings. The van der Waals surface area contributed by atoms with Crippen molar-refractivity contribution >= 4 is 54.3 Å². The van der Waals surface area contributed by atoms with E-state index in [0.717, 1.165) is 60.9 Å². The molecule has 11 rings (SSSR count). The lowest BCUT2D eigenvalue weighted by Crippen LogP contribution is -2.00. The number of nitriles is 1. The summed E-state index contributed by atoms with van der Waals surface area (Å²) >= 11 is 0. The molecular formula is C52H30N4O. The molecule has 0 amide bonds. The maximum atomic E-state index is 10.3. The number of aromatic nitrogens is 3. The molecular weight excluding hydrogens is 697 g/mol. The lowest BCUT2D eigenvalue weighted by Gasteiger charge is -2.13. The molecule has 57 heavy (non-hydrogen) atoms. The highest BCUT2D eigenvalue weighted by Gasteiger charge is 2.19. The molecule has 0 saturated carbocycles. The normalized spacial score (nSPS) is 11.5. The van der Waals surface area contributed by atoms with Crippen LogP contribution in [0.2, 0.25) is 0 Å². The van der Waals surface area contributed by atoms with Crippen LogP contribution < -0.4 is 0 Å². The molecule has 0 aliphatic heterocycles. The van der Waals surface area contributed by atoms with Crippen LogP contribution in [0.3, 0.4) is 0 Å². The lowest BCUT2D eigenvalue weighted by molar-refractivity contribution is 0.669. The van der Waals surface area contributed by atoms with Crippen molar-refractivity contribution in [3.63, 3.8) is 0 Å². The topological polar surface area (TPSA) is 75.6 Å². The quantitative estimate of drug-likeness (QED) is 0.165. The van der Waals surface area contributed by atoms with E-state index in [4.69, 9.17) is 19.4 Å². The van der Waals surface area contributed by atoms with Crippen molar-refractivity contribution in [2.24, 2.45) is 0 Å². The van der Waals surface area contributed by atoms with E-state index in [1.165, 1.54) is 32.3 Å². The summed E-state index contributed by atoms with van der Waals surface area (Å²) in [6.07, 6.45) is 0. The Labute approximate surface area is 327 Å². The number of hydrogen-bond acceptors (Lipinski definition) is 5. The molecule has 0 N–H and O–H groups in total. The first-order valence-corrected chi connectivity index (χ1v) is 18.9. The molecule has 0 atom stereocenters. The van der Waals surface area contributed by atoms with E-state index in [1.807, 2.05) is 97.1 Å². The summed E-state index contributed by atoms with van der Waals surface area (Å²) in [6, 6.07) is 64.6. The van der Waals surface area contributed by atoms with Gasteiger partial charge in [-0.1, -0.05) is 140 Å². The van der Waals surface area contributed by atoms with Crippen LogP contribution in [-0.2, 0) is 0 Å².